The van der Waals surface area contributed by atoms with Gasteiger partial charge in [0, 0.05) is 17.0 Å². The molecule has 0 spiro atoms. The van der Waals surface area contributed by atoms with E-state index in [4.69, 9.17) is 5.73 Å². The summed E-state index contributed by atoms with van der Waals surface area (Å²) in [5, 5.41) is 3.18. The first-order valence-corrected chi connectivity index (χ1v) is 10.7. The highest BCUT2D eigenvalue weighted by atomic mass is 32.1. The highest BCUT2D eigenvalue weighted by Crippen LogP contribution is 2.32. The van der Waals surface area contributed by atoms with Crippen molar-refractivity contribution in [3.05, 3.63) is 87.3 Å². The average Bonchev–Trinajstić information content (AvgIpc) is 3.01. The first kappa shape index (κ1) is 22.2. The molecule has 3 rings (SSSR count). The number of aryl methyl sites for hydroxylation is 2. The molecule has 160 valence electrons. The van der Waals surface area contributed by atoms with Crippen LogP contribution in [-0.2, 0) is 11.3 Å². The van der Waals surface area contributed by atoms with E-state index in [0.29, 0.717) is 16.1 Å². The first-order chi connectivity index (χ1) is 14.8. The molecule has 3 amide bonds. The zero-order valence-electron chi connectivity index (χ0n) is 17.8. The van der Waals surface area contributed by atoms with Crippen LogP contribution in [0.15, 0.2) is 54.6 Å². The SMILES string of the molecule is Cc1ccc(C(=O)N(CC(=O)Nc2sc(C)c(C)c2C(N)=O)Cc2ccccc2)cc1. The molecule has 3 aromatic rings. The number of nitrogens with zero attached hydrogens (tertiary/aromatic N) is 1. The van der Waals surface area contributed by atoms with Gasteiger partial charge in [0.15, 0.2) is 0 Å². The molecule has 0 aliphatic heterocycles. The average molecular weight is 436 g/mol. The second kappa shape index (κ2) is 9.57. The van der Waals surface area contributed by atoms with Crippen LogP contribution in [0.2, 0.25) is 0 Å². The Labute approximate surface area is 185 Å². The summed E-state index contributed by atoms with van der Waals surface area (Å²) in [5.41, 5.74) is 9.04. The Hall–Kier alpha value is -3.45. The van der Waals surface area contributed by atoms with E-state index in [2.05, 4.69) is 5.32 Å². The lowest BCUT2D eigenvalue weighted by Crippen LogP contribution is -2.37. The van der Waals surface area contributed by atoms with Crippen LogP contribution in [0.25, 0.3) is 0 Å². The van der Waals surface area contributed by atoms with Crippen LogP contribution in [0.3, 0.4) is 0 Å². The predicted molar refractivity (Wildman–Crippen MR) is 123 cm³/mol. The van der Waals surface area contributed by atoms with Crippen LogP contribution in [0.4, 0.5) is 5.00 Å². The highest BCUT2D eigenvalue weighted by molar-refractivity contribution is 7.16. The highest BCUT2D eigenvalue weighted by Gasteiger charge is 2.23. The van der Waals surface area contributed by atoms with Gasteiger partial charge in [-0.1, -0.05) is 48.0 Å². The number of anilines is 1. The maximum Gasteiger partial charge on any atom is 0.254 e. The van der Waals surface area contributed by atoms with Crippen molar-refractivity contribution in [2.24, 2.45) is 5.73 Å². The third-order valence-corrected chi connectivity index (χ3v) is 6.14. The number of carbonyl (C=O) groups excluding carboxylic acids is 3. The molecule has 0 atom stereocenters. The van der Waals surface area contributed by atoms with Gasteiger partial charge in [0.1, 0.15) is 11.5 Å². The van der Waals surface area contributed by atoms with Crippen molar-refractivity contribution >= 4 is 34.1 Å². The van der Waals surface area contributed by atoms with E-state index in [9.17, 15) is 14.4 Å². The summed E-state index contributed by atoms with van der Waals surface area (Å²) in [6, 6.07) is 16.7. The van der Waals surface area contributed by atoms with Crippen LogP contribution in [0.1, 0.15) is 42.3 Å². The monoisotopic (exact) mass is 435 g/mol. The fraction of sp³-hybridized carbons (Fsp3) is 0.208. The van der Waals surface area contributed by atoms with E-state index < -0.39 is 5.91 Å². The largest absolute Gasteiger partial charge is 0.365 e. The number of hydrogen-bond acceptors (Lipinski definition) is 4. The van der Waals surface area contributed by atoms with Crippen molar-refractivity contribution in [3.8, 4) is 0 Å². The molecule has 0 bridgehead atoms. The van der Waals surface area contributed by atoms with Crippen LogP contribution in [0.5, 0.6) is 0 Å². The fourth-order valence-electron chi connectivity index (χ4n) is 3.23. The minimum Gasteiger partial charge on any atom is -0.365 e. The number of benzene rings is 2. The molecule has 7 heteroatoms. The number of nitrogens with one attached hydrogen (secondary N) is 1. The van der Waals surface area contributed by atoms with Crippen LogP contribution >= 0.6 is 11.3 Å². The maximum atomic E-state index is 13.2. The predicted octanol–water partition coefficient (Wildman–Crippen LogP) is 4.05. The molecule has 0 aliphatic carbocycles. The molecule has 1 aromatic heterocycles. The maximum absolute atomic E-state index is 13.2. The third kappa shape index (κ3) is 5.38. The Morgan fingerprint density at radius 1 is 0.968 bits per heavy atom. The Morgan fingerprint density at radius 3 is 2.23 bits per heavy atom. The van der Waals surface area contributed by atoms with Gasteiger partial charge in [0.2, 0.25) is 5.91 Å². The van der Waals surface area contributed by atoms with Gasteiger partial charge in [0.05, 0.1) is 5.56 Å². The molecule has 3 N–H and O–H groups in total. The summed E-state index contributed by atoms with van der Waals surface area (Å²) >= 11 is 1.30. The summed E-state index contributed by atoms with van der Waals surface area (Å²) in [6.45, 7) is 5.74. The Morgan fingerprint density at radius 2 is 1.61 bits per heavy atom. The second-order valence-electron chi connectivity index (χ2n) is 7.41. The first-order valence-electron chi connectivity index (χ1n) is 9.85. The molecule has 1 heterocycles. The standard InChI is InChI=1S/C24H25N3O3S/c1-15-9-11-19(12-10-15)24(30)27(13-18-7-5-4-6-8-18)14-20(28)26-23-21(22(25)29)16(2)17(3)31-23/h4-12H,13-14H2,1-3H3,(H2,25,29)(H,26,28). The normalized spacial score (nSPS) is 10.5. The van der Waals surface area contributed by atoms with Gasteiger partial charge in [0.25, 0.3) is 11.8 Å². The van der Waals surface area contributed by atoms with E-state index in [-0.39, 0.29) is 24.9 Å². The minimum atomic E-state index is -0.589. The Bertz CT molecular complexity index is 1110. The molecule has 0 saturated carbocycles. The minimum absolute atomic E-state index is 0.157. The summed E-state index contributed by atoms with van der Waals surface area (Å²) < 4.78 is 0. The zero-order valence-corrected chi connectivity index (χ0v) is 18.6. The quantitative estimate of drug-likeness (QED) is 0.586. The lowest BCUT2D eigenvalue weighted by molar-refractivity contribution is -0.117. The molecule has 0 saturated heterocycles. The number of hydrogen-bond donors (Lipinski definition) is 2. The molecule has 0 aliphatic rings. The lowest BCUT2D eigenvalue weighted by atomic mass is 10.1. The van der Waals surface area contributed by atoms with Crippen molar-refractivity contribution in [1.29, 1.82) is 0 Å². The van der Waals surface area contributed by atoms with Gasteiger partial charge in [-0.25, -0.2) is 0 Å². The topological polar surface area (TPSA) is 92.5 Å². The summed E-state index contributed by atoms with van der Waals surface area (Å²) in [6.07, 6.45) is 0. The van der Waals surface area contributed by atoms with E-state index in [1.165, 1.54) is 16.2 Å². The van der Waals surface area contributed by atoms with Crippen LogP contribution in [-0.4, -0.2) is 29.2 Å². The van der Waals surface area contributed by atoms with Gasteiger partial charge in [-0.2, -0.15) is 0 Å². The number of primary amides is 1. The third-order valence-electron chi connectivity index (χ3n) is 5.02. The fourth-order valence-corrected chi connectivity index (χ4v) is 4.32. The molecular formula is C24H25N3O3S. The van der Waals surface area contributed by atoms with Gasteiger partial charge < -0.3 is 16.0 Å². The number of rotatable bonds is 7. The zero-order chi connectivity index (χ0) is 22.5. The molecule has 31 heavy (non-hydrogen) atoms. The van der Waals surface area contributed by atoms with Crippen molar-refractivity contribution in [2.75, 3.05) is 11.9 Å². The van der Waals surface area contributed by atoms with Gasteiger partial charge >= 0.3 is 0 Å². The van der Waals surface area contributed by atoms with Crippen molar-refractivity contribution < 1.29 is 14.4 Å². The molecule has 2 aromatic carbocycles. The lowest BCUT2D eigenvalue weighted by Gasteiger charge is -2.22. The molecule has 6 nitrogen and oxygen atoms in total. The van der Waals surface area contributed by atoms with Gasteiger partial charge in [-0.15, -0.1) is 11.3 Å². The molecule has 0 fully saturated rings. The van der Waals surface area contributed by atoms with Gasteiger partial charge in [-0.05, 0) is 44.0 Å². The van der Waals surface area contributed by atoms with E-state index in [0.717, 1.165) is 21.6 Å². The molecule has 0 unspecified atom stereocenters. The number of nitrogens with two attached hydrogens (primary N) is 1. The number of amides is 3. The van der Waals surface area contributed by atoms with Crippen LogP contribution < -0.4 is 11.1 Å². The summed E-state index contributed by atoms with van der Waals surface area (Å²) in [7, 11) is 0. The number of carbonyl (C=O) groups is 3. The second-order valence-corrected chi connectivity index (χ2v) is 8.64. The summed E-state index contributed by atoms with van der Waals surface area (Å²) in [5.74, 6) is -1.22. The molecular weight excluding hydrogens is 410 g/mol. The smallest absolute Gasteiger partial charge is 0.254 e. The van der Waals surface area contributed by atoms with E-state index in [1.807, 2.05) is 56.3 Å². The van der Waals surface area contributed by atoms with Crippen LogP contribution in [0, 0.1) is 20.8 Å². The van der Waals surface area contributed by atoms with Crippen molar-refractivity contribution in [2.45, 2.75) is 27.3 Å². The van der Waals surface area contributed by atoms with Crippen molar-refractivity contribution in [3.63, 3.8) is 0 Å². The Kier molecular flexibility index (Phi) is 6.87. The summed E-state index contributed by atoms with van der Waals surface area (Å²) in [4.78, 5) is 40.2. The van der Waals surface area contributed by atoms with Gasteiger partial charge in [-0.3, -0.25) is 14.4 Å². The van der Waals surface area contributed by atoms with Crippen molar-refractivity contribution in [1.82, 2.24) is 4.90 Å². The van der Waals surface area contributed by atoms with E-state index >= 15 is 0 Å². The van der Waals surface area contributed by atoms with E-state index in [1.54, 1.807) is 19.1 Å². The number of thiophene rings is 1. The Balaban J connectivity index is 1.83. The molecule has 0 radical (unpaired) electrons.